The predicted molar refractivity (Wildman–Crippen MR) is 75.1 cm³/mol. The summed E-state index contributed by atoms with van der Waals surface area (Å²) in [5.41, 5.74) is 2.50. The van der Waals surface area contributed by atoms with E-state index in [1.165, 1.54) is 24.1 Å². The Morgan fingerprint density at radius 1 is 1.35 bits per heavy atom. The molecule has 94 valence electrons. The maximum atomic E-state index is 6.17. The van der Waals surface area contributed by atoms with Crippen molar-refractivity contribution < 1.29 is 0 Å². The zero-order valence-electron chi connectivity index (χ0n) is 10.7. The van der Waals surface area contributed by atoms with Crippen molar-refractivity contribution in [2.75, 3.05) is 24.5 Å². The van der Waals surface area contributed by atoms with Crippen molar-refractivity contribution in [3.8, 4) is 0 Å². The fourth-order valence-electron chi connectivity index (χ4n) is 2.55. The van der Waals surface area contributed by atoms with E-state index >= 15 is 0 Å². The Labute approximate surface area is 109 Å². The maximum absolute atomic E-state index is 6.17. The first-order chi connectivity index (χ1) is 8.22. The number of hydrogen-bond acceptors (Lipinski definition) is 2. The normalized spacial score (nSPS) is 17.5. The van der Waals surface area contributed by atoms with Crippen LogP contribution in [0.1, 0.15) is 25.3 Å². The van der Waals surface area contributed by atoms with Crippen LogP contribution in [-0.2, 0) is 0 Å². The van der Waals surface area contributed by atoms with Gasteiger partial charge in [-0.25, -0.2) is 0 Å². The topological polar surface area (TPSA) is 15.3 Å². The van der Waals surface area contributed by atoms with Crippen LogP contribution in [0.4, 0.5) is 5.69 Å². The van der Waals surface area contributed by atoms with E-state index < -0.39 is 0 Å². The zero-order chi connectivity index (χ0) is 12.3. The number of benzene rings is 1. The van der Waals surface area contributed by atoms with Crippen LogP contribution < -0.4 is 10.2 Å². The number of halogens is 1. The highest BCUT2D eigenvalue weighted by Gasteiger charge is 2.19. The Morgan fingerprint density at radius 3 is 2.71 bits per heavy atom. The van der Waals surface area contributed by atoms with Crippen molar-refractivity contribution >= 4 is 17.3 Å². The van der Waals surface area contributed by atoms with Crippen LogP contribution in [0.25, 0.3) is 0 Å². The minimum Gasteiger partial charge on any atom is -0.371 e. The molecule has 1 aromatic carbocycles. The number of hydrogen-bond donors (Lipinski definition) is 1. The lowest BCUT2D eigenvalue weighted by atomic mass is 10.0. The van der Waals surface area contributed by atoms with Crippen LogP contribution in [0.15, 0.2) is 18.2 Å². The minimum absolute atomic E-state index is 0.691. The first kappa shape index (κ1) is 12.7. The molecule has 1 aliphatic rings. The number of nitrogens with zero attached hydrogens (tertiary/aromatic N) is 1. The summed E-state index contributed by atoms with van der Waals surface area (Å²) in [5, 5.41) is 4.40. The van der Waals surface area contributed by atoms with Crippen LogP contribution in [0, 0.1) is 6.92 Å². The molecular formula is C14H21ClN2. The summed E-state index contributed by atoms with van der Waals surface area (Å²) >= 11 is 6.17. The van der Waals surface area contributed by atoms with Gasteiger partial charge in [0, 0.05) is 29.8 Å². The van der Waals surface area contributed by atoms with E-state index in [0.29, 0.717) is 6.04 Å². The Hall–Kier alpha value is -0.730. The predicted octanol–water partition coefficient (Wildman–Crippen LogP) is 3.23. The van der Waals surface area contributed by atoms with Gasteiger partial charge < -0.3 is 10.2 Å². The fourth-order valence-corrected chi connectivity index (χ4v) is 2.72. The molecule has 0 radical (unpaired) electrons. The van der Waals surface area contributed by atoms with Crippen molar-refractivity contribution in [1.29, 1.82) is 0 Å². The van der Waals surface area contributed by atoms with Gasteiger partial charge in [-0.1, -0.05) is 24.6 Å². The molecule has 3 heteroatoms. The van der Waals surface area contributed by atoms with E-state index in [9.17, 15) is 0 Å². The number of nitrogens with one attached hydrogen (secondary N) is 1. The molecule has 0 bridgehead atoms. The summed E-state index contributed by atoms with van der Waals surface area (Å²) < 4.78 is 0. The molecule has 0 atom stereocenters. The molecule has 17 heavy (non-hydrogen) atoms. The average molecular weight is 253 g/mol. The van der Waals surface area contributed by atoms with Crippen molar-refractivity contribution in [3.63, 3.8) is 0 Å². The molecule has 0 unspecified atom stereocenters. The van der Waals surface area contributed by atoms with Crippen molar-refractivity contribution in [2.24, 2.45) is 0 Å². The molecule has 1 aliphatic heterocycles. The van der Waals surface area contributed by atoms with Gasteiger partial charge in [-0.2, -0.15) is 0 Å². The van der Waals surface area contributed by atoms with Crippen LogP contribution in [0.5, 0.6) is 0 Å². The van der Waals surface area contributed by atoms with E-state index in [0.717, 1.165) is 24.7 Å². The van der Waals surface area contributed by atoms with Crippen molar-refractivity contribution in [3.05, 3.63) is 28.8 Å². The van der Waals surface area contributed by atoms with Crippen LogP contribution in [0.3, 0.4) is 0 Å². The van der Waals surface area contributed by atoms with Gasteiger partial charge in [0.05, 0.1) is 0 Å². The molecule has 2 nitrogen and oxygen atoms in total. The number of rotatable bonds is 3. The number of anilines is 1. The quantitative estimate of drug-likeness (QED) is 0.889. The zero-order valence-corrected chi connectivity index (χ0v) is 11.4. The minimum atomic E-state index is 0.691. The maximum Gasteiger partial charge on any atom is 0.0455 e. The standard InChI is InChI=1S/C14H21ClN2/c1-3-16-12-7-9-17(10-8-12)14-6-4-5-13(15)11(14)2/h4-6,12,16H,3,7-10H2,1-2H3. The fraction of sp³-hybridized carbons (Fsp3) is 0.571. The Morgan fingerprint density at radius 2 is 2.06 bits per heavy atom. The van der Waals surface area contributed by atoms with Gasteiger partial charge in [-0.3, -0.25) is 0 Å². The lowest BCUT2D eigenvalue weighted by Crippen LogP contribution is -2.42. The van der Waals surface area contributed by atoms with Gasteiger partial charge >= 0.3 is 0 Å². The molecule has 0 amide bonds. The second-order valence-electron chi connectivity index (χ2n) is 4.70. The molecular weight excluding hydrogens is 232 g/mol. The van der Waals surface area contributed by atoms with Crippen molar-refractivity contribution in [2.45, 2.75) is 32.7 Å². The third-order valence-electron chi connectivity index (χ3n) is 3.57. The molecule has 0 aromatic heterocycles. The molecule has 1 aromatic rings. The highest BCUT2D eigenvalue weighted by molar-refractivity contribution is 6.31. The molecule has 2 rings (SSSR count). The van der Waals surface area contributed by atoms with E-state index in [2.05, 4.69) is 30.1 Å². The Balaban J connectivity index is 2.03. The smallest absolute Gasteiger partial charge is 0.0455 e. The summed E-state index contributed by atoms with van der Waals surface area (Å²) in [6.07, 6.45) is 2.44. The summed E-state index contributed by atoms with van der Waals surface area (Å²) in [6, 6.07) is 6.87. The Kier molecular flexibility index (Phi) is 4.30. The first-order valence-corrected chi connectivity index (χ1v) is 6.83. The lowest BCUT2D eigenvalue weighted by Gasteiger charge is -2.35. The molecule has 1 N–H and O–H groups in total. The molecule has 1 heterocycles. The SMILES string of the molecule is CCNC1CCN(c2cccc(Cl)c2C)CC1. The summed E-state index contributed by atoms with van der Waals surface area (Å²) in [6.45, 7) is 7.60. The average Bonchev–Trinajstić information content (AvgIpc) is 2.34. The van der Waals surface area contributed by atoms with Gasteiger partial charge in [0.15, 0.2) is 0 Å². The largest absolute Gasteiger partial charge is 0.371 e. The van der Waals surface area contributed by atoms with Gasteiger partial charge in [0.2, 0.25) is 0 Å². The van der Waals surface area contributed by atoms with Gasteiger partial charge in [-0.15, -0.1) is 0 Å². The summed E-state index contributed by atoms with van der Waals surface area (Å²) in [5.74, 6) is 0. The second kappa shape index (κ2) is 5.74. The van der Waals surface area contributed by atoms with E-state index in [1.54, 1.807) is 0 Å². The third kappa shape index (κ3) is 2.93. The molecule has 1 saturated heterocycles. The first-order valence-electron chi connectivity index (χ1n) is 6.45. The second-order valence-corrected chi connectivity index (χ2v) is 5.11. The molecule has 0 spiro atoms. The highest BCUT2D eigenvalue weighted by Crippen LogP contribution is 2.28. The van der Waals surface area contributed by atoms with Gasteiger partial charge in [0.25, 0.3) is 0 Å². The van der Waals surface area contributed by atoms with Crippen molar-refractivity contribution in [1.82, 2.24) is 5.32 Å². The Bertz CT molecular complexity index is 370. The van der Waals surface area contributed by atoms with E-state index in [4.69, 9.17) is 11.6 Å². The third-order valence-corrected chi connectivity index (χ3v) is 3.98. The van der Waals surface area contributed by atoms with Gasteiger partial charge in [0.1, 0.15) is 0 Å². The highest BCUT2D eigenvalue weighted by atomic mass is 35.5. The van der Waals surface area contributed by atoms with E-state index in [1.807, 2.05) is 12.1 Å². The molecule has 0 aliphatic carbocycles. The van der Waals surface area contributed by atoms with Crippen LogP contribution in [-0.4, -0.2) is 25.7 Å². The monoisotopic (exact) mass is 252 g/mol. The molecule has 1 fully saturated rings. The van der Waals surface area contributed by atoms with E-state index in [-0.39, 0.29) is 0 Å². The summed E-state index contributed by atoms with van der Waals surface area (Å²) in [7, 11) is 0. The van der Waals surface area contributed by atoms with Gasteiger partial charge in [-0.05, 0) is 44.0 Å². The van der Waals surface area contributed by atoms with Crippen LogP contribution >= 0.6 is 11.6 Å². The number of piperidine rings is 1. The lowest BCUT2D eigenvalue weighted by molar-refractivity contribution is 0.423. The summed E-state index contributed by atoms with van der Waals surface area (Å²) in [4.78, 5) is 2.45. The molecule has 0 saturated carbocycles. The van der Waals surface area contributed by atoms with Crippen LogP contribution in [0.2, 0.25) is 5.02 Å².